The number of urea groups is 1. The molecule has 0 saturated carbocycles. The van der Waals surface area contributed by atoms with Crippen molar-refractivity contribution in [2.24, 2.45) is 5.73 Å². The number of alkyl halides is 3. The maximum absolute atomic E-state index is 12.9. The van der Waals surface area contributed by atoms with Gasteiger partial charge in [0.25, 0.3) is 5.91 Å². The number of imide groups is 1. The second-order valence-corrected chi connectivity index (χ2v) is 5.65. The minimum Gasteiger partial charge on any atom is -0.449 e. The average molecular weight is 395 g/mol. The van der Waals surface area contributed by atoms with Crippen LogP contribution in [0.15, 0.2) is 48.5 Å². The fraction of sp³-hybridized carbons (Fsp3) is 0.167. The van der Waals surface area contributed by atoms with Crippen molar-refractivity contribution in [1.82, 2.24) is 5.32 Å². The van der Waals surface area contributed by atoms with Crippen LogP contribution in [0.3, 0.4) is 0 Å². The monoisotopic (exact) mass is 395 g/mol. The van der Waals surface area contributed by atoms with Crippen LogP contribution in [-0.4, -0.2) is 24.0 Å². The molecule has 2 aromatic carbocycles. The van der Waals surface area contributed by atoms with Gasteiger partial charge in [-0.15, -0.1) is 0 Å². The van der Waals surface area contributed by atoms with Crippen LogP contribution in [0.5, 0.6) is 0 Å². The van der Waals surface area contributed by atoms with E-state index in [4.69, 9.17) is 10.5 Å². The van der Waals surface area contributed by atoms with Gasteiger partial charge in [-0.25, -0.2) is 9.59 Å². The molecule has 0 spiro atoms. The van der Waals surface area contributed by atoms with Gasteiger partial charge in [-0.05, 0) is 37.3 Å². The fourth-order valence-electron chi connectivity index (χ4n) is 2.20. The number of nitrogens with one attached hydrogen (secondary N) is 2. The number of benzene rings is 2. The molecular weight excluding hydrogens is 379 g/mol. The lowest BCUT2D eigenvalue weighted by Crippen LogP contribution is -2.42. The standard InChI is InChI=1S/C18H16F3N3O4/c1-10(15(25)24-17(22)27)28-16(26)13-7-2-3-8-14(13)23-12-6-4-5-11(9-12)18(19,20)21/h2-10,23H,1H3,(H3,22,24,25,27)/t10-/m0/s1. The lowest BCUT2D eigenvalue weighted by molar-refractivity contribution is -0.137. The molecule has 0 saturated heterocycles. The molecule has 0 radical (unpaired) electrons. The zero-order valence-corrected chi connectivity index (χ0v) is 14.5. The van der Waals surface area contributed by atoms with Crippen LogP contribution in [0.4, 0.5) is 29.3 Å². The summed E-state index contributed by atoms with van der Waals surface area (Å²) in [4.78, 5) is 34.6. The number of para-hydroxylation sites is 1. The molecule has 4 N–H and O–H groups in total. The van der Waals surface area contributed by atoms with Gasteiger partial charge in [0.05, 0.1) is 16.8 Å². The van der Waals surface area contributed by atoms with Gasteiger partial charge in [0.2, 0.25) is 0 Å². The number of nitrogens with two attached hydrogens (primary N) is 1. The molecular formula is C18H16F3N3O4. The van der Waals surface area contributed by atoms with E-state index in [1.165, 1.54) is 37.3 Å². The second-order valence-electron chi connectivity index (χ2n) is 5.65. The summed E-state index contributed by atoms with van der Waals surface area (Å²) >= 11 is 0. The molecule has 0 aliphatic carbocycles. The van der Waals surface area contributed by atoms with Crippen molar-refractivity contribution in [2.75, 3.05) is 5.32 Å². The van der Waals surface area contributed by atoms with Gasteiger partial charge >= 0.3 is 18.2 Å². The van der Waals surface area contributed by atoms with Gasteiger partial charge in [-0.1, -0.05) is 18.2 Å². The molecule has 2 rings (SSSR count). The molecule has 3 amide bonds. The summed E-state index contributed by atoms with van der Waals surface area (Å²) < 4.78 is 43.5. The van der Waals surface area contributed by atoms with Gasteiger partial charge in [0.15, 0.2) is 6.10 Å². The number of hydrogen-bond donors (Lipinski definition) is 3. The molecule has 10 heteroatoms. The van der Waals surface area contributed by atoms with Crippen molar-refractivity contribution in [2.45, 2.75) is 19.2 Å². The SMILES string of the molecule is C[C@H](OC(=O)c1ccccc1Nc1cccc(C(F)(F)F)c1)C(=O)NC(N)=O. The molecule has 0 bridgehead atoms. The van der Waals surface area contributed by atoms with E-state index in [-0.39, 0.29) is 16.9 Å². The highest BCUT2D eigenvalue weighted by Gasteiger charge is 2.30. The topological polar surface area (TPSA) is 111 Å². The molecule has 2 aromatic rings. The van der Waals surface area contributed by atoms with Crippen LogP contribution < -0.4 is 16.4 Å². The Morgan fingerprint density at radius 1 is 1.07 bits per heavy atom. The number of carbonyl (C=O) groups is 3. The molecule has 0 aromatic heterocycles. The summed E-state index contributed by atoms with van der Waals surface area (Å²) in [6, 6.07) is 9.26. The number of halogens is 3. The number of primary amides is 1. The lowest BCUT2D eigenvalue weighted by Gasteiger charge is -2.15. The highest BCUT2D eigenvalue weighted by atomic mass is 19.4. The van der Waals surface area contributed by atoms with Crippen LogP contribution in [0.2, 0.25) is 0 Å². The van der Waals surface area contributed by atoms with Crippen LogP contribution in [0.25, 0.3) is 0 Å². The smallest absolute Gasteiger partial charge is 0.416 e. The van der Waals surface area contributed by atoms with E-state index in [0.717, 1.165) is 12.1 Å². The van der Waals surface area contributed by atoms with Gasteiger partial charge in [-0.3, -0.25) is 10.1 Å². The first-order valence-corrected chi connectivity index (χ1v) is 7.92. The Kier molecular flexibility index (Phi) is 6.24. The number of carbonyl (C=O) groups excluding carboxylic acids is 3. The van der Waals surface area contributed by atoms with E-state index in [1.54, 1.807) is 11.4 Å². The summed E-state index contributed by atoms with van der Waals surface area (Å²) in [6.45, 7) is 1.24. The summed E-state index contributed by atoms with van der Waals surface area (Å²) in [5.74, 6) is -1.83. The summed E-state index contributed by atoms with van der Waals surface area (Å²) in [6.07, 6.45) is -5.83. The fourth-order valence-corrected chi connectivity index (χ4v) is 2.20. The molecule has 1 atom stereocenters. The quantitative estimate of drug-likeness (QED) is 0.674. The zero-order valence-electron chi connectivity index (χ0n) is 14.5. The van der Waals surface area contributed by atoms with Gasteiger partial charge < -0.3 is 15.8 Å². The molecule has 0 aliphatic heterocycles. The first kappa shape index (κ1) is 20.7. The molecule has 7 nitrogen and oxygen atoms in total. The van der Waals surface area contributed by atoms with Crippen molar-refractivity contribution >= 4 is 29.3 Å². The summed E-state index contributed by atoms with van der Waals surface area (Å²) in [5, 5.41) is 4.50. The van der Waals surface area contributed by atoms with Gasteiger partial charge in [0, 0.05) is 5.69 Å². The van der Waals surface area contributed by atoms with Crippen LogP contribution in [0.1, 0.15) is 22.8 Å². The maximum Gasteiger partial charge on any atom is 0.416 e. The molecule has 0 fully saturated rings. The summed E-state index contributed by atoms with van der Waals surface area (Å²) in [7, 11) is 0. The van der Waals surface area contributed by atoms with Crippen molar-refractivity contribution in [1.29, 1.82) is 0 Å². The highest BCUT2D eigenvalue weighted by Crippen LogP contribution is 2.32. The third-order valence-electron chi connectivity index (χ3n) is 3.52. The predicted molar refractivity (Wildman–Crippen MR) is 93.8 cm³/mol. The third kappa shape index (κ3) is 5.47. The largest absolute Gasteiger partial charge is 0.449 e. The molecule has 0 heterocycles. The van der Waals surface area contributed by atoms with Crippen molar-refractivity contribution in [3.8, 4) is 0 Å². The Hall–Kier alpha value is -3.56. The van der Waals surface area contributed by atoms with Crippen molar-refractivity contribution < 1.29 is 32.3 Å². The van der Waals surface area contributed by atoms with E-state index >= 15 is 0 Å². The minimum absolute atomic E-state index is 0.0152. The molecule has 148 valence electrons. The van der Waals surface area contributed by atoms with Crippen LogP contribution >= 0.6 is 0 Å². The average Bonchev–Trinajstić information content (AvgIpc) is 2.61. The van der Waals surface area contributed by atoms with Gasteiger partial charge in [-0.2, -0.15) is 13.2 Å². The molecule has 0 unspecified atom stereocenters. The van der Waals surface area contributed by atoms with E-state index in [2.05, 4.69) is 5.32 Å². The second kappa shape index (κ2) is 8.42. The number of ether oxygens (including phenoxy) is 1. The van der Waals surface area contributed by atoms with Crippen LogP contribution in [-0.2, 0) is 15.7 Å². The molecule has 28 heavy (non-hydrogen) atoms. The van der Waals surface area contributed by atoms with Gasteiger partial charge in [0.1, 0.15) is 0 Å². The number of rotatable bonds is 5. The minimum atomic E-state index is -4.51. The Balaban J connectivity index is 2.20. The Morgan fingerprint density at radius 3 is 2.39 bits per heavy atom. The van der Waals surface area contributed by atoms with E-state index < -0.39 is 35.8 Å². The number of hydrogen-bond acceptors (Lipinski definition) is 5. The third-order valence-corrected chi connectivity index (χ3v) is 3.52. The first-order chi connectivity index (χ1) is 13.1. The Labute approximate surface area is 157 Å². The number of anilines is 2. The Bertz CT molecular complexity index is 900. The lowest BCUT2D eigenvalue weighted by atomic mass is 10.1. The first-order valence-electron chi connectivity index (χ1n) is 7.92. The van der Waals surface area contributed by atoms with E-state index in [0.29, 0.717) is 0 Å². The zero-order chi connectivity index (χ0) is 20.9. The highest BCUT2D eigenvalue weighted by molar-refractivity contribution is 6.00. The Morgan fingerprint density at radius 2 is 1.75 bits per heavy atom. The molecule has 0 aliphatic rings. The summed E-state index contributed by atoms with van der Waals surface area (Å²) in [5.41, 5.74) is 4.24. The normalized spacial score (nSPS) is 12.0. The van der Waals surface area contributed by atoms with Crippen LogP contribution in [0, 0.1) is 0 Å². The van der Waals surface area contributed by atoms with E-state index in [9.17, 15) is 27.6 Å². The maximum atomic E-state index is 12.9. The van der Waals surface area contributed by atoms with E-state index in [1.807, 2.05) is 0 Å². The van der Waals surface area contributed by atoms with Crippen molar-refractivity contribution in [3.63, 3.8) is 0 Å². The predicted octanol–water partition coefficient (Wildman–Crippen LogP) is 3.19. The number of amides is 3. The number of esters is 1. The van der Waals surface area contributed by atoms with Crippen molar-refractivity contribution in [3.05, 3.63) is 59.7 Å².